The van der Waals surface area contributed by atoms with Crippen molar-refractivity contribution in [2.45, 2.75) is 38.3 Å². The second kappa shape index (κ2) is 13.6. The fraction of sp³-hybridized carbons (Fsp3) is 0.175. The molecule has 1 saturated heterocycles. The van der Waals surface area contributed by atoms with Crippen LogP contribution in [0.1, 0.15) is 34.1 Å². The van der Waals surface area contributed by atoms with Crippen LogP contribution in [0.4, 0.5) is 11.4 Å². The standard InChI is InChI=1S/C40H35N3O5/c1-2-43-34-22-29(41)18-20-32(34)31-21-19-30(23-33(31)38(43)26-12-6-3-7-13-26)42-37-24-35(48-40(45)28-16-10-5-11-17-28)36(47-37)25-46-39(44)27-14-8-4-9-15-27/h3-23,35-37,41-42H,2,24-25H2,1H3/p+1/t35-,36+,37+/m0/s1. The number of aromatic nitrogens is 1. The number of benzene rings is 5. The number of ether oxygens (including phenoxy) is 3. The molecule has 8 nitrogen and oxygen atoms in total. The average Bonchev–Trinajstić information content (AvgIpc) is 3.50. The average molecular weight is 639 g/mol. The van der Waals surface area contributed by atoms with Crippen molar-refractivity contribution in [3.8, 4) is 11.3 Å². The monoisotopic (exact) mass is 638 g/mol. The lowest BCUT2D eigenvalue weighted by atomic mass is 9.98. The van der Waals surface area contributed by atoms with Crippen LogP contribution < -0.4 is 15.6 Å². The van der Waals surface area contributed by atoms with Gasteiger partial charge >= 0.3 is 11.9 Å². The number of nitrogens with one attached hydrogen (secondary N) is 1. The van der Waals surface area contributed by atoms with E-state index in [0.29, 0.717) is 23.2 Å². The maximum atomic E-state index is 13.1. The normalized spacial score (nSPS) is 17.3. The molecule has 0 radical (unpaired) electrons. The van der Waals surface area contributed by atoms with E-state index in [1.165, 1.54) is 0 Å². The first-order valence-corrected chi connectivity index (χ1v) is 16.1. The van der Waals surface area contributed by atoms with E-state index in [4.69, 9.17) is 19.9 Å². The van der Waals surface area contributed by atoms with E-state index in [0.717, 1.165) is 45.2 Å². The van der Waals surface area contributed by atoms with E-state index >= 15 is 0 Å². The number of nitrogens with two attached hydrogens (primary N) is 1. The van der Waals surface area contributed by atoms with Crippen LogP contribution in [0.3, 0.4) is 0 Å². The summed E-state index contributed by atoms with van der Waals surface area (Å²) in [6, 6.07) is 40.3. The van der Waals surface area contributed by atoms with Crippen molar-refractivity contribution in [3.05, 3.63) is 139 Å². The number of fused-ring (bicyclic) bond motifs is 3. The van der Waals surface area contributed by atoms with Crippen LogP contribution in [-0.4, -0.2) is 37.0 Å². The summed E-state index contributed by atoms with van der Waals surface area (Å²) in [5.74, 6) is -0.927. The van der Waals surface area contributed by atoms with Crippen LogP contribution in [0.25, 0.3) is 32.9 Å². The Labute approximate surface area is 278 Å². The van der Waals surface area contributed by atoms with Crippen molar-refractivity contribution in [2.24, 2.45) is 0 Å². The zero-order valence-electron chi connectivity index (χ0n) is 26.5. The van der Waals surface area contributed by atoms with Crippen LogP contribution in [-0.2, 0) is 20.8 Å². The number of carbonyl (C=O) groups excluding carboxylic acids is 2. The van der Waals surface area contributed by atoms with Crippen molar-refractivity contribution < 1.29 is 28.4 Å². The molecule has 0 saturated carbocycles. The van der Waals surface area contributed by atoms with Crippen LogP contribution >= 0.6 is 0 Å². The third-order valence-corrected chi connectivity index (χ3v) is 8.69. The molecule has 7 rings (SSSR count). The number of anilines is 2. The number of pyridine rings is 1. The van der Waals surface area contributed by atoms with Crippen molar-refractivity contribution >= 4 is 45.0 Å². The Balaban J connectivity index is 1.20. The largest absolute Gasteiger partial charge is 0.459 e. The zero-order valence-corrected chi connectivity index (χ0v) is 26.5. The van der Waals surface area contributed by atoms with Gasteiger partial charge in [0.25, 0.3) is 0 Å². The van der Waals surface area contributed by atoms with Gasteiger partial charge in [-0.15, -0.1) is 0 Å². The number of esters is 2. The highest BCUT2D eigenvalue weighted by molar-refractivity contribution is 6.10. The molecule has 8 heteroatoms. The van der Waals surface area contributed by atoms with Gasteiger partial charge in [-0.05, 0) is 67.6 Å². The summed E-state index contributed by atoms with van der Waals surface area (Å²) >= 11 is 0. The molecule has 0 spiro atoms. The smallest absolute Gasteiger partial charge is 0.338 e. The first-order valence-electron chi connectivity index (χ1n) is 16.1. The Morgan fingerprint density at radius 3 is 2.12 bits per heavy atom. The molecule has 6 aromatic rings. The van der Waals surface area contributed by atoms with Gasteiger partial charge in [0.1, 0.15) is 31.6 Å². The van der Waals surface area contributed by atoms with E-state index in [1.54, 1.807) is 48.5 Å². The summed E-state index contributed by atoms with van der Waals surface area (Å²) in [6.45, 7) is 2.82. The Morgan fingerprint density at radius 1 is 0.792 bits per heavy atom. The van der Waals surface area contributed by atoms with E-state index in [-0.39, 0.29) is 6.61 Å². The molecule has 240 valence electrons. The molecule has 2 heterocycles. The van der Waals surface area contributed by atoms with Crippen LogP contribution in [0.15, 0.2) is 127 Å². The molecule has 3 N–H and O–H groups in total. The Hall–Kier alpha value is -5.73. The number of hydrogen-bond acceptors (Lipinski definition) is 7. The lowest BCUT2D eigenvalue weighted by Crippen LogP contribution is -2.36. The molecule has 0 amide bonds. The van der Waals surface area contributed by atoms with Crippen molar-refractivity contribution in [1.29, 1.82) is 0 Å². The number of nitrogen functional groups attached to an aromatic ring is 1. The molecule has 0 unspecified atom stereocenters. The summed E-state index contributed by atoms with van der Waals surface area (Å²) in [4.78, 5) is 25.8. The van der Waals surface area contributed by atoms with Gasteiger partial charge in [0.15, 0.2) is 0 Å². The Kier molecular flexibility index (Phi) is 8.72. The van der Waals surface area contributed by atoms with Gasteiger partial charge in [-0.2, -0.15) is 4.57 Å². The minimum absolute atomic E-state index is 0.0693. The first-order chi connectivity index (χ1) is 23.5. The lowest BCUT2D eigenvalue weighted by Gasteiger charge is -2.19. The van der Waals surface area contributed by atoms with E-state index in [9.17, 15) is 9.59 Å². The summed E-state index contributed by atoms with van der Waals surface area (Å²) in [5, 5.41) is 6.80. The molecular weight excluding hydrogens is 602 g/mol. The molecule has 48 heavy (non-hydrogen) atoms. The minimum Gasteiger partial charge on any atom is -0.459 e. The second-order valence-electron chi connectivity index (χ2n) is 11.8. The topological polar surface area (TPSA) is 104 Å². The fourth-order valence-corrected chi connectivity index (χ4v) is 6.43. The minimum atomic E-state index is -0.667. The number of nitrogens with zero attached hydrogens (tertiary/aromatic N) is 1. The van der Waals surface area contributed by atoms with Gasteiger partial charge in [-0.25, -0.2) is 9.59 Å². The van der Waals surface area contributed by atoms with Gasteiger partial charge in [0.05, 0.1) is 21.9 Å². The van der Waals surface area contributed by atoms with Crippen LogP contribution in [0, 0.1) is 0 Å². The Bertz CT molecular complexity index is 2090. The van der Waals surface area contributed by atoms with Crippen molar-refractivity contribution in [2.75, 3.05) is 17.7 Å². The molecule has 1 aromatic heterocycles. The molecule has 1 aliphatic rings. The SMILES string of the molecule is CC[n+]1c(-c2ccccc2)c2cc(N[C@H]3C[C@H](OC(=O)c4ccccc4)[C@@H](COC(=O)c4ccccc4)O3)ccc2c2ccc(N)cc21. The van der Waals surface area contributed by atoms with Gasteiger partial charge < -0.3 is 25.3 Å². The molecule has 3 atom stereocenters. The molecule has 1 fully saturated rings. The van der Waals surface area contributed by atoms with Gasteiger partial charge in [0.2, 0.25) is 11.2 Å². The lowest BCUT2D eigenvalue weighted by molar-refractivity contribution is -0.655. The highest BCUT2D eigenvalue weighted by Crippen LogP contribution is 2.35. The zero-order chi connectivity index (χ0) is 33.0. The molecule has 0 bridgehead atoms. The number of rotatable bonds is 9. The number of aryl methyl sites for hydroxylation is 1. The summed E-state index contributed by atoms with van der Waals surface area (Å²) in [6.07, 6.45) is -1.45. The van der Waals surface area contributed by atoms with Crippen LogP contribution in [0.2, 0.25) is 0 Å². The maximum absolute atomic E-state index is 13.1. The number of hydrogen-bond donors (Lipinski definition) is 2. The maximum Gasteiger partial charge on any atom is 0.338 e. The molecule has 1 aliphatic heterocycles. The quantitative estimate of drug-likeness (QED) is 0.0750. The van der Waals surface area contributed by atoms with Crippen molar-refractivity contribution in [3.63, 3.8) is 0 Å². The molecular formula is C40H36N3O5+. The predicted molar refractivity (Wildman–Crippen MR) is 186 cm³/mol. The van der Waals surface area contributed by atoms with Crippen LogP contribution in [0.5, 0.6) is 0 Å². The summed E-state index contributed by atoms with van der Waals surface area (Å²) in [5.41, 5.74) is 11.9. The highest BCUT2D eigenvalue weighted by atomic mass is 16.6. The van der Waals surface area contributed by atoms with Gasteiger partial charge in [-0.1, -0.05) is 60.7 Å². The number of carbonyl (C=O) groups is 2. The van der Waals surface area contributed by atoms with E-state index < -0.39 is 30.4 Å². The van der Waals surface area contributed by atoms with E-state index in [2.05, 4.69) is 47.1 Å². The van der Waals surface area contributed by atoms with Crippen molar-refractivity contribution in [1.82, 2.24) is 0 Å². The summed E-state index contributed by atoms with van der Waals surface area (Å²) < 4.78 is 20.2. The third kappa shape index (κ3) is 6.30. The van der Waals surface area contributed by atoms with Gasteiger partial charge in [-0.3, -0.25) is 0 Å². The fourth-order valence-electron chi connectivity index (χ4n) is 6.43. The summed E-state index contributed by atoms with van der Waals surface area (Å²) in [7, 11) is 0. The molecule has 0 aliphatic carbocycles. The predicted octanol–water partition coefficient (Wildman–Crippen LogP) is 7.16. The third-order valence-electron chi connectivity index (χ3n) is 8.69. The first kappa shape index (κ1) is 30.9. The van der Waals surface area contributed by atoms with E-state index in [1.807, 2.05) is 48.5 Å². The second-order valence-corrected chi connectivity index (χ2v) is 11.8. The Morgan fingerprint density at radius 2 is 1.44 bits per heavy atom. The molecule has 5 aromatic carbocycles. The highest BCUT2D eigenvalue weighted by Gasteiger charge is 2.39. The van der Waals surface area contributed by atoms with Gasteiger partial charge in [0, 0.05) is 34.8 Å².